The molecule has 0 aromatic heterocycles. The highest BCUT2D eigenvalue weighted by Gasteiger charge is 2.06. The number of primary amides is 1. The van der Waals surface area contributed by atoms with Crippen molar-refractivity contribution in [3.8, 4) is 0 Å². The maximum atomic E-state index is 13.8. The van der Waals surface area contributed by atoms with E-state index in [9.17, 15) is 9.18 Å². The molecule has 2 aromatic rings. The Morgan fingerprint density at radius 1 is 1.25 bits per heavy atom. The van der Waals surface area contributed by atoms with Gasteiger partial charge >= 0.3 is 0 Å². The number of nitrogens with two attached hydrogens (primary N) is 1. The van der Waals surface area contributed by atoms with E-state index in [0.717, 1.165) is 11.8 Å². The fourth-order valence-electron chi connectivity index (χ4n) is 1.75. The van der Waals surface area contributed by atoms with Crippen LogP contribution in [0.1, 0.15) is 15.9 Å². The molecule has 2 aromatic carbocycles. The zero-order chi connectivity index (χ0) is 14.5. The maximum Gasteiger partial charge on any atom is 0.248 e. The lowest BCUT2D eigenvalue weighted by atomic mass is 10.1. The SMILES string of the molecule is CSc1ccc(NCc2ccc(C(N)=O)cc2F)cc1. The van der Waals surface area contributed by atoms with E-state index in [1.165, 1.54) is 11.0 Å². The highest BCUT2D eigenvalue weighted by Crippen LogP contribution is 2.18. The van der Waals surface area contributed by atoms with E-state index in [1.54, 1.807) is 17.8 Å². The maximum absolute atomic E-state index is 13.8. The lowest BCUT2D eigenvalue weighted by molar-refractivity contribution is 0.1000. The Morgan fingerprint density at radius 2 is 1.95 bits per heavy atom. The quantitative estimate of drug-likeness (QED) is 0.831. The molecule has 0 atom stereocenters. The molecule has 0 saturated heterocycles. The number of carbonyl (C=O) groups is 1. The number of hydrogen-bond acceptors (Lipinski definition) is 3. The second-order valence-corrected chi connectivity index (χ2v) is 5.13. The first-order chi connectivity index (χ1) is 9.60. The molecule has 0 aliphatic rings. The van der Waals surface area contributed by atoms with E-state index in [-0.39, 0.29) is 5.56 Å². The number of anilines is 1. The standard InChI is InChI=1S/C15H15FN2OS/c1-20-13-6-4-12(5-7-13)18-9-11-3-2-10(15(17)19)8-14(11)16/h2-8,18H,9H2,1H3,(H2,17,19). The molecule has 0 bridgehead atoms. The van der Waals surface area contributed by atoms with Gasteiger partial charge in [0.25, 0.3) is 0 Å². The predicted molar refractivity (Wildman–Crippen MR) is 80.5 cm³/mol. The van der Waals surface area contributed by atoms with E-state index in [0.29, 0.717) is 12.1 Å². The Morgan fingerprint density at radius 3 is 2.50 bits per heavy atom. The molecular weight excluding hydrogens is 275 g/mol. The topological polar surface area (TPSA) is 55.1 Å². The van der Waals surface area contributed by atoms with Crippen molar-refractivity contribution in [1.82, 2.24) is 0 Å². The second-order valence-electron chi connectivity index (χ2n) is 4.25. The number of carbonyl (C=O) groups excluding carboxylic acids is 1. The fourth-order valence-corrected chi connectivity index (χ4v) is 2.16. The number of hydrogen-bond donors (Lipinski definition) is 2. The molecule has 0 unspecified atom stereocenters. The minimum Gasteiger partial charge on any atom is -0.381 e. The summed E-state index contributed by atoms with van der Waals surface area (Å²) in [6.07, 6.45) is 2.01. The van der Waals surface area contributed by atoms with E-state index >= 15 is 0 Å². The Kier molecular flexibility index (Phi) is 4.63. The van der Waals surface area contributed by atoms with Crippen LogP contribution in [0.15, 0.2) is 47.4 Å². The van der Waals surface area contributed by atoms with Crippen LogP contribution >= 0.6 is 11.8 Å². The van der Waals surface area contributed by atoms with Crippen molar-refractivity contribution in [1.29, 1.82) is 0 Å². The molecular formula is C15H15FN2OS. The highest BCUT2D eigenvalue weighted by molar-refractivity contribution is 7.98. The summed E-state index contributed by atoms with van der Waals surface area (Å²) >= 11 is 1.67. The molecule has 0 saturated carbocycles. The molecule has 0 heterocycles. The van der Waals surface area contributed by atoms with Crippen molar-refractivity contribution in [2.24, 2.45) is 5.73 Å². The zero-order valence-corrected chi connectivity index (χ0v) is 11.8. The zero-order valence-electron chi connectivity index (χ0n) is 11.0. The molecule has 0 aliphatic heterocycles. The average Bonchev–Trinajstić information content (AvgIpc) is 2.46. The predicted octanol–water partition coefficient (Wildman–Crippen LogP) is 3.26. The first kappa shape index (κ1) is 14.4. The lowest BCUT2D eigenvalue weighted by Gasteiger charge is -2.08. The van der Waals surface area contributed by atoms with E-state index in [2.05, 4.69) is 5.32 Å². The van der Waals surface area contributed by atoms with Crippen molar-refractivity contribution in [2.45, 2.75) is 11.4 Å². The van der Waals surface area contributed by atoms with Crippen LogP contribution in [0.25, 0.3) is 0 Å². The number of thioether (sulfide) groups is 1. The minimum atomic E-state index is -0.629. The van der Waals surface area contributed by atoms with Crippen LogP contribution in [0, 0.1) is 5.82 Å². The third kappa shape index (κ3) is 3.51. The van der Waals surface area contributed by atoms with Gasteiger partial charge in [0.1, 0.15) is 5.82 Å². The normalized spacial score (nSPS) is 10.3. The van der Waals surface area contributed by atoms with E-state index in [1.807, 2.05) is 30.5 Å². The fraction of sp³-hybridized carbons (Fsp3) is 0.133. The summed E-state index contributed by atoms with van der Waals surface area (Å²) in [5.41, 5.74) is 6.69. The van der Waals surface area contributed by atoms with Gasteiger partial charge in [-0.3, -0.25) is 4.79 Å². The van der Waals surface area contributed by atoms with Crippen molar-refractivity contribution in [3.05, 3.63) is 59.4 Å². The van der Waals surface area contributed by atoms with Gasteiger partial charge in [-0.05, 0) is 42.7 Å². The van der Waals surface area contributed by atoms with Crippen molar-refractivity contribution >= 4 is 23.4 Å². The van der Waals surface area contributed by atoms with Gasteiger partial charge in [0, 0.05) is 28.3 Å². The third-order valence-electron chi connectivity index (χ3n) is 2.91. The Balaban J connectivity index is 2.04. The van der Waals surface area contributed by atoms with Crippen LogP contribution < -0.4 is 11.1 Å². The Hall–Kier alpha value is -2.01. The van der Waals surface area contributed by atoms with Gasteiger partial charge in [-0.2, -0.15) is 0 Å². The first-order valence-electron chi connectivity index (χ1n) is 6.06. The molecule has 3 N–H and O–H groups in total. The van der Waals surface area contributed by atoms with E-state index < -0.39 is 11.7 Å². The van der Waals surface area contributed by atoms with E-state index in [4.69, 9.17) is 5.73 Å². The molecule has 0 aliphatic carbocycles. The van der Waals surface area contributed by atoms with Crippen molar-refractivity contribution in [3.63, 3.8) is 0 Å². The van der Waals surface area contributed by atoms with Crippen LogP contribution in [0.5, 0.6) is 0 Å². The molecule has 104 valence electrons. The summed E-state index contributed by atoms with van der Waals surface area (Å²) in [5.74, 6) is -1.06. The molecule has 1 amide bonds. The molecule has 2 rings (SSSR count). The minimum absolute atomic E-state index is 0.176. The van der Waals surface area contributed by atoms with Crippen LogP contribution in [0.4, 0.5) is 10.1 Å². The number of benzene rings is 2. The van der Waals surface area contributed by atoms with Crippen LogP contribution in [0.2, 0.25) is 0 Å². The van der Waals surface area contributed by atoms with Crippen molar-refractivity contribution < 1.29 is 9.18 Å². The number of amides is 1. The summed E-state index contributed by atoms with van der Waals surface area (Å²) in [5, 5.41) is 3.14. The van der Waals surface area contributed by atoms with Gasteiger partial charge in [0.05, 0.1) is 0 Å². The number of halogens is 1. The molecule has 0 spiro atoms. The van der Waals surface area contributed by atoms with Crippen LogP contribution in [-0.2, 0) is 6.54 Å². The van der Waals surface area contributed by atoms with Crippen LogP contribution in [0.3, 0.4) is 0 Å². The van der Waals surface area contributed by atoms with Gasteiger partial charge in [-0.1, -0.05) is 6.07 Å². The molecule has 0 fully saturated rings. The second kappa shape index (κ2) is 6.43. The average molecular weight is 290 g/mol. The summed E-state index contributed by atoms with van der Waals surface area (Å²) in [6, 6.07) is 12.1. The number of rotatable bonds is 5. The summed E-state index contributed by atoms with van der Waals surface area (Å²) in [6.45, 7) is 0.351. The summed E-state index contributed by atoms with van der Waals surface area (Å²) in [7, 11) is 0. The molecule has 20 heavy (non-hydrogen) atoms. The molecule has 5 heteroatoms. The van der Waals surface area contributed by atoms with Crippen LogP contribution in [-0.4, -0.2) is 12.2 Å². The number of nitrogens with one attached hydrogen (secondary N) is 1. The highest BCUT2D eigenvalue weighted by atomic mass is 32.2. The monoisotopic (exact) mass is 290 g/mol. The Labute approximate surface area is 121 Å². The summed E-state index contributed by atoms with van der Waals surface area (Å²) < 4.78 is 13.8. The van der Waals surface area contributed by atoms with Gasteiger partial charge in [-0.25, -0.2) is 4.39 Å². The Bertz CT molecular complexity index is 614. The van der Waals surface area contributed by atoms with Gasteiger partial charge in [0.2, 0.25) is 5.91 Å². The van der Waals surface area contributed by atoms with Gasteiger partial charge < -0.3 is 11.1 Å². The van der Waals surface area contributed by atoms with Gasteiger partial charge in [-0.15, -0.1) is 11.8 Å². The molecule has 3 nitrogen and oxygen atoms in total. The third-order valence-corrected chi connectivity index (χ3v) is 3.65. The molecule has 0 radical (unpaired) electrons. The largest absolute Gasteiger partial charge is 0.381 e. The summed E-state index contributed by atoms with van der Waals surface area (Å²) in [4.78, 5) is 12.1. The van der Waals surface area contributed by atoms with Gasteiger partial charge in [0.15, 0.2) is 0 Å². The first-order valence-corrected chi connectivity index (χ1v) is 7.29. The van der Waals surface area contributed by atoms with Crippen molar-refractivity contribution in [2.75, 3.05) is 11.6 Å². The smallest absolute Gasteiger partial charge is 0.248 e. The lowest BCUT2D eigenvalue weighted by Crippen LogP contribution is -2.12.